The highest BCUT2D eigenvalue weighted by atomic mass is 16.5. The molecule has 0 heterocycles. The van der Waals surface area contributed by atoms with Gasteiger partial charge in [-0.3, -0.25) is 0 Å². The molecule has 0 aliphatic carbocycles. The van der Waals surface area contributed by atoms with E-state index in [2.05, 4.69) is 72.8 Å². The van der Waals surface area contributed by atoms with Crippen molar-refractivity contribution in [3.05, 3.63) is 192 Å². The van der Waals surface area contributed by atoms with Gasteiger partial charge in [-0.2, -0.15) is 0 Å². The zero-order valence-corrected chi connectivity index (χ0v) is 22.0. The van der Waals surface area contributed by atoms with E-state index in [4.69, 9.17) is 9.47 Å². The molecule has 0 spiro atoms. The van der Waals surface area contributed by atoms with Crippen LogP contribution in [-0.4, -0.2) is 0 Å². The quantitative estimate of drug-likeness (QED) is 0.187. The van der Waals surface area contributed by atoms with Crippen LogP contribution in [0.2, 0.25) is 0 Å². The lowest BCUT2D eigenvalue weighted by atomic mass is 9.85. The van der Waals surface area contributed by atoms with Crippen LogP contribution in [0.4, 0.5) is 0 Å². The summed E-state index contributed by atoms with van der Waals surface area (Å²) < 4.78 is 13.0. The normalized spacial score (nSPS) is 11.4. The van der Waals surface area contributed by atoms with Gasteiger partial charge in [-0.15, -0.1) is 0 Å². The molecule has 6 aromatic carbocycles. The molecule has 6 aromatic rings. The van der Waals surface area contributed by atoms with E-state index in [0.717, 1.165) is 56.4 Å². The molecule has 6 rings (SSSR count). The Morgan fingerprint density at radius 1 is 0.300 bits per heavy atom. The van der Waals surface area contributed by atoms with Crippen molar-refractivity contribution in [3.8, 4) is 23.0 Å². The van der Waals surface area contributed by atoms with Gasteiger partial charge in [0.1, 0.15) is 23.0 Å². The molecule has 0 atom stereocenters. The van der Waals surface area contributed by atoms with Gasteiger partial charge in [0.25, 0.3) is 0 Å². The lowest BCUT2D eigenvalue weighted by molar-refractivity contribution is 0.480. The first kappa shape index (κ1) is 25.0. The lowest BCUT2D eigenvalue weighted by Crippen LogP contribution is -2.01. The second-order valence-corrected chi connectivity index (χ2v) is 9.30. The maximum atomic E-state index is 6.49. The van der Waals surface area contributed by atoms with Crippen molar-refractivity contribution in [2.24, 2.45) is 0 Å². The van der Waals surface area contributed by atoms with E-state index < -0.39 is 0 Å². The molecule has 0 radical (unpaired) electrons. The molecule has 192 valence electrons. The maximum Gasteiger partial charge on any atom is 0.135 e. The molecule has 0 aromatic heterocycles. The highest BCUT2D eigenvalue weighted by Crippen LogP contribution is 2.44. The monoisotopic (exact) mass is 516 g/mol. The Kier molecular flexibility index (Phi) is 7.50. The molecule has 0 saturated carbocycles. The molecule has 2 heteroatoms. The summed E-state index contributed by atoms with van der Waals surface area (Å²) in [5.74, 6) is 3.14. The molecule has 40 heavy (non-hydrogen) atoms. The Hall–Kier alpha value is -5.34. The largest absolute Gasteiger partial charge is 0.457 e. The average molecular weight is 517 g/mol. The third-order valence-corrected chi connectivity index (χ3v) is 6.63. The molecular weight excluding hydrogens is 488 g/mol. The van der Waals surface area contributed by atoms with E-state index in [0.29, 0.717) is 0 Å². The fraction of sp³-hybridized carbons (Fsp3) is 0. The molecule has 0 amide bonds. The van der Waals surface area contributed by atoms with Crippen LogP contribution in [0.15, 0.2) is 170 Å². The third kappa shape index (κ3) is 5.57. The number of hydrogen-bond acceptors (Lipinski definition) is 2. The standard InChI is InChI=1S/C38H28O2/c1-5-17-29(18-6-1)37(33-25-13-15-27-35(33)39-31-21-9-3-10-22-31)38(30-19-7-2-8-20-30)34-26-14-16-28-36(34)40-32-23-11-4-12-24-32/h1-28H. The Morgan fingerprint density at radius 3 is 0.975 bits per heavy atom. The minimum absolute atomic E-state index is 0.780. The van der Waals surface area contributed by atoms with Crippen LogP contribution in [0.25, 0.3) is 11.1 Å². The Balaban J connectivity index is 1.65. The van der Waals surface area contributed by atoms with Crippen molar-refractivity contribution < 1.29 is 9.47 Å². The van der Waals surface area contributed by atoms with E-state index >= 15 is 0 Å². The van der Waals surface area contributed by atoms with Crippen LogP contribution in [0, 0.1) is 0 Å². The first-order valence-electron chi connectivity index (χ1n) is 13.4. The van der Waals surface area contributed by atoms with Gasteiger partial charge in [0.2, 0.25) is 0 Å². The number of rotatable bonds is 8. The molecule has 0 bridgehead atoms. The summed E-state index contributed by atoms with van der Waals surface area (Å²) in [6.45, 7) is 0. The summed E-state index contributed by atoms with van der Waals surface area (Å²) in [4.78, 5) is 0. The van der Waals surface area contributed by atoms with Gasteiger partial charge >= 0.3 is 0 Å². The van der Waals surface area contributed by atoms with Gasteiger partial charge in [-0.25, -0.2) is 0 Å². The summed E-state index contributed by atoms with van der Waals surface area (Å²) in [5, 5.41) is 0. The summed E-state index contributed by atoms with van der Waals surface area (Å²) >= 11 is 0. The summed E-state index contributed by atoms with van der Waals surface area (Å²) in [5.41, 5.74) is 6.27. The van der Waals surface area contributed by atoms with Crippen LogP contribution in [-0.2, 0) is 0 Å². The Bertz CT molecular complexity index is 1580. The third-order valence-electron chi connectivity index (χ3n) is 6.63. The van der Waals surface area contributed by atoms with Crippen molar-refractivity contribution in [1.29, 1.82) is 0 Å². The topological polar surface area (TPSA) is 18.5 Å². The van der Waals surface area contributed by atoms with Crippen LogP contribution in [0.3, 0.4) is 0 Å². The van der Waals surface area contributed by atoms with E-state index in [1.165, 1.54) is 0 Å². The molecule has 0 aliphatic rings. The zero-order chi connectivity index (χ0) is 27.0. The molecule has 0 aliphatic heterocycles. The molecule has 0 fully saturated rings. The van der Waals surface area contributed by atoms with Crippen LogP contribution >= 0.6 is 0 Å². The first-order valence-corrected chi connectivity index (χ1v) is 13.4. The second kappa shape index (κ2) is 12.0. The SMILES string of the molecule is c1ccc(Oc2ccccc2C(=C(c2ccccc2)c2ccccc2Oc2ccccc2)c2ccccc2)cc1. The molecule has 0 N–H and O–H groups in total. The summed E-state index contributed by atoms with van der Waals surface area (Å²) in [6.07, 6.45) is 0. The van der Waals surface area contributed by atoms with Gasteiger partial charge in [-0.05, 0) is 47.5 Å². The van der Waals surface area contributed by atoms with E-state index in [9.17, 15) is 0 Å². The second-order valence-electron chi connectivity index (χ2n) is 9.30. The maximum absolute atomic E-state index is 6.49. The lowest BCUT2D eigenvalue weighted by Gasteiger charge is -2.22. The van der Waals surface area contributed by atoms with E-state index in [1.807, 2.05) is 97.1 Å². The van der Waals surface area contributed by atoms with Crippen molar-refractivity contribution in [2.45, 2.75) is 0 Å². The number of ether oxygens (including phenoxy) is 2. The minimum atomic E-state index is 0.780. The molecule has 0 unspecified atom stereocenters. The predicted molar refractivity (Wildman–Crippen MR) is 164 cm³/mol. The number of para-hydroxylation sites is 4. The van der Waals surface area contributed by atoms with Crippen molar-refractivity contribution in [3.63, 3.8) is 0 Å². The molecule has 2 nitrogen and oxygen atoms in total. The van der Waals surface area contributed by atoms with Crippen molar-refractivity contribution >= 4 is 11.1 Å². The Morgan fingerprint density at radius 2 is 0.600 bits per heavy atom. The van der Waals surface area contributed by atoms with Gasteiger partial charge < -0.3 is 9.47 Å². The smallest absolute Gasteiger partial charge is 0.135 e. The minimum Gasteiger partial charge on any atom is -0.457 e. The van der Waals surface area contributed by atoms with E-state index in [1.54, 1.807) is 0 Å². The molecule has 0 saturated heterocycles. The first-order chi connectivity index (χ1) is 19.9. The molecular formula is C38H28O2. The highest BCUT2D eigenvalue weighted by Gasteiger charge is 2.22. The zero-order valence-electron chi connectivity index (χ0n) is 22.0. The Labute approximate surface area is 235 Å². The van der Waals surface area contributed by atoms with E-state index in [-0.39, 0.29) is 0 Å². The highest BCUT2D eigenvalue weighted by molar-refractivity contribution is 6.06. The number of benzene rings is 6. The van der Waals surface area contributed by atoms with Crippen LogP contribution < -0.4 is 9.47 Å². The van der Waals surface area contributed by atoms with Gasteiger partial charge in [0, 0.05) is 22.3 Å². The van der Waals surface area contributed by atoms with Crippen LogP contribution in [0.5, 0.6) is 23.0 Å². The summed E-state index contributed by atoms with van der Waals surface area (Å²) in [7, 11) is 0. The average Bonchev–Trinajstić information content (AvgIpc) is 3.03. The predicted octanol–water partition coefficient (Wildman–Crippen LogP) is 10.3. The number of hydrogen-bond donors (Lipinski definition) is 0. The van der Waals surface area contributed by atoms with Gasteiger partial charge in [0.05, 0.1) is 0 Å². The van der Waals surface area contributed by atoms with Gasteiger partial charge in [-0.1, -0.05) is 133 Å². The van der Waals surface area contributed by atoms with Gasteiger partial charge in [0.15, 0.2) is 0 Å². The van der Waals surface area contributed by atoms with Crippen molar-refractivity contribution in [1.82, 2.24) is 0 Å². The van der Waals surface area contributed by atoms with Crippen LogP contribution in [0.1, 0.15) is 22.3 Å². The summed E-state index contributed by atoms with van der Waals surface area (Å²) in [6, 6.07) is 57.3. The van der Waals surface area contributed by atoms with Crippen molar-refractivity contribution in [2.75, 3.05) is 0 Å². The fourth-order valence-electron chi connectivity index (χ4n) is 4.83. The fourth-order valence-corrected chi connectivity index (χ4v) is 4.83.